The van der Waals surface area contributed by atoms with Gasteiger partial charge in [-0.15, -0.1) is 0 Å². The van der Waals surface area contributed by atoms with Crippen LogP contribution in [0, 0.1) is 11.3 Å². The Morgan fingerprint density at radius 2 is 2.00 bits per heavy atom. The van der Waals surface area contributed by atoms with Crippen molar-refractivity contribution in [1.82, 2.24) is 19.5 Å². The molecule has 0 aliphatic heterocycles. The summed E-state index contributed by atoms with van der Waals surface area (Å²) in [6, 6.07) is 6.30. The van der Waals surface area contributed by atoms with Crippen molar-refractivity contribution in [2.45, 2.75) is 32.4 Å². The summed E-state index contributed by atoms with van der Waals surface area (Å²) in [4.78, 5) is 25.9. The van der Waals surface area contributed by atoms with Crippen molar-refractivity contribution >= 4 is 49.9 Å². The molecule has 3 rings (SSSR count). The SMILES string of the molecule is CCC(Nc1nc(N)nc(N)c1C#N)c1nc2cccc(Cl)c2c(=O)n1CCCS(C)(=O)=O. The molecule has 1 atom stereocenters. The van der Waals surface area contributed by atoms with E-state index >= 15 is 0 Å². The summed E-state index contributed by atoms with van der Waals surface area (Å²) < 4.78 is 24.6. The van der Waals surface area contributed by atoms with Crippen LogP contribution in [-0.2, 0) is 16.4 Å². The van der Waals surface area contributed by atoms with Gasteiger partial charge in [0, 0.05) is 12.8 Å². The topological polar surface area (TPSA) is 183 Å². The lowest BCUT2D eigenvalue weighted by atomic mass is 10.1. The first-order chi connectivity index (χ1) is 15.6. The minimum atomic E-state index is -3.22. The fraction of sp³-hybridized carbons (Fsp3) is 0.350. The summed E-state index contributed by atoms with van der Waals surface area (Å²) in [6.45, 7) is 1.96. The van der Waals surface area contributed by atoms with Gasteiger partial charge < -0.3 is 16.8 Å². The number of benzene rings is 1. The molecule has 5 N–H and O–H groups in total. The maximum atomic E-state index is 13.4. The molecular formula is C20H23ClN8O3S. The number of nitrogens with one attached hydrogen (secondary N) is 1. The van der Waals surface area contributed by atoms with Gasteiger partial charge >= 0.3 is 0 Å². The molecule has 0 bridgehead atoms. The Bertz CT molecular complexity index is 1420. The van der Waals surface area contributed by atoms with Gasteiger partial charge in [0.05, 0.1) is 27.7 Å². The molecular weight excluding hydrogens is 468 g/mol. The first-order valence-electron chi connectivity index (χ1n) is 10.0. The van der Waals surface area contributed by atoms with Gasteiger partial charge in [0.1, 0.15) is 33.1 Å². The van der Waals surface area contributed by atoms with E-state index in [1.54, 1.807) is 18.2 Å². The monoisotopic (exact) mass is 490 g/mol. The molecule has 13 heteroatoms. The van der Waals surface area contributed by atoms with Crippen molar-refractivity contribution in [2.75, 3.05) is 28.8 Å². The molecule has 1 unspecified atom stereocenters. The second-order valence-electron chi connectivity index (χ2n) is 7.45. The predicted octanol–water partition coefficient (Wildman–Crippen LogP) is 1.87. The molecule has 0 radical (unpaired) electrons. The summed E-state index contributed by atoms with van der Waals surface area (Å²) in [5.41, 5.74) is 11.5. The highest BCUT2D eigenvalue weighted by molar-refractivity contribution is 7.90. The highest BCUT2D eigenvalue weighted by Gasteiger charge is 2.23. The third-order valence-electron chi connectivity index (χ3n) is 4.96. The van der Waals surface area contributed by atoms with Gasteiger partial charge in [-0.05, 0) is 25.0 Å². The Hall–Kier alpha value is -3.43. The number of nitrogens with two attached hydrogens (primary N) is 2. The minimum absolute atomic E-state index is 0.0115. The fourth-order valence-electron chi connectivity index (χ4n) is 3.43. The van der Waals surface area contributed by atoms with Crippen molar-refractivity contribution in [3.8, 4) is 6.07 Å². The second-order valence-corrected chi connectivity index (χ2v) is 10.1. The zero-order chi connectivity index (χ0) is 24.3. The van der Waals surface area contributed by atoms with E-state index in [0.29, 0.717) is 17.8 Å². The van der Waals surface area contributed by atoms with Gasteiger partial charge in [-0.1, -0.05) is 24.6 Å². The largest absolute Gasteiger partial charge is 0.382 e. The Morgan fingerprint density at radius 1 is 1.27 bits per heavy atom. The maximum absolute atomic E-state index is 13.4. The van der Waals surface area contributed by atoms with Crippen molar-refractivity contribution in [3.05, 3.63) is 45.0 Å². The first-order valence-corrected chi connectivity index (χ1v) is 12.5. The lowest BCUT2D eigenvalue weighted by Gasteiger charge is -2.23. The van der Waals surface area contributed by atoms with E-state index in [4.69, 9.17) is 23.1 Å². The van der Waals surface area contributed by atoms with E-state index in [2.05, 4.69) is 20.3 Å². The van der Waals surface area contributed by atoms with E-state index in [9.17, 15) is 18.5 Å². The molecule has 1 aromatic carbocycles. The summed E-state index contributed by atoms with van der Waals surface area (Å²) in [6.07, 6.45) is 1.78. The number of nitrogen functional groups attached to an aromatic ring is 2. The highest BCUT2D eigenvalue weighted by Crippen LogP contribution is 2.27. The van der Waals surface area contributed by atoms with Crippen LogP contribution in [0.15, 0.2) is 23.0 Å². The zero-order valence-corrected chi connectivity index (χ0v) is 19.6. The van der Waals surface area contributed by atoms with E-state index in [1.807, 2.05) is 13.0 Å². The van der Waals surface area contributed by atoms with Crippen molar-refractivity contribution < 1.29 is 8.42 Å². The molecule has 0 aliphatic rings. The average molecular weight is 491 g/mol. The Balaban J connectivity index is 2.16. The molecule has 0 saturated carbocycles. The summed E-state index contributed by atoms with van der Waals surface area (Å²) >= 11 is 6.27. The molecule has 0 fully saturated rings. The van der Waals surface area contributed by atoms with Gasteiger partial charge in [0.2, 0.25) is 5.95 Å². The van der Waals surface area contributed by atoms with Crippen LogP contribution >= 0.6 is 11.6 Å². The number of hydrogen-bond acceptors (Lipinski definition) is 10. The number of fused-ring (bicyclic) bond motifs is 1. The molecule has 0 aliphatic carbocycles. The summed E-state index contributed by atoms with van der Waals surface area (Å²) in [5.74, 6) is 0.156. The van der Waals surface area contributed by atoms with E-state index < -0.39 is 21.4 Å². The Labute approximate surface area is 195 Å². The van der Waals surface area contributed by atoms with Crippen molar-refractivity contribution in [2.24, 2.45) is 0 Å². The number of hydrogen-bond donors (Lipinski definition) is 3. The standard InChI is InChI=1S/C20H23ClN8O3S/c1-3-13(25-17-11(10-22)16(23)27-20(24)28-17)18-26-14-7-4-6-12(21)15(14)19(30)29(18)8-5-9-33(2,31)32/h4,6-7,13H,3,5,8-9H2,1-2H3,(H5,23,24,25,27,28). The number of anilines is 3. The molecule has 0 amide bonds. The van der Waals surface area contributed by atoms with Crippen LogP contribution in [-0.4, -0.2) is 39.9 Å². The molecule has 0 saturated heterocycles. The molecule has 2 aromatic heterocycles. The van der Waals surface area contributed by atoms with E-state index in [1.165, 1.54) is 4.57 Å². The van der Waals surface area contributed by atoms with Gasteiger partial charge in [0.15, 0.2) is 5.82 Å². The minimum Gasteiger partial charge on any atom is -0.382 e. The van der Waals surface area contributed by atoms with Gasteiger partial charge in [0.25, 0.3) is 5.56 Å². The quantitative estimate of drug-likeness (QED) is 0.421. The number of aromatic nitrogens is 4. The third-order valence-corrected chi connectivity index (χ3v) is 6.30. The Morgan fingerprint density at radius 3 is 2.64 bits per heavy atom. The van der Waals surface area contributed by atoms with Crippen LogP contribution in [0.25, 0.3) is 10.9 Å². The molecule has 2 heterocycles. The van der Waals surface area contributed by atoms with Crippen LogP contribution in [0.3, 0.4) is 0 Å². The van der Waals surface area contributed by atoms with Crippen molar-refractivity contribution in [1.29, 1.82) is 5.26 Å². The van der Waals surface area contributed by atoms with Crippen LogP contribution in [0.4, 0.5) is 17.6 Å². The van der Waals surface area contributed by atoms with Crippen LogP contribution < -0.4 is 22.3 Å². The molecule has 174 valence electrons. The molecule has 11 nitrogen and oxygen atoms in total. The summed E-state index contributed by atoms with van der Waals surface area (Å²) in [5, 5.41) is 13.1. The molecule has 0 spiro atoms. The van der Waals surface area contributed by atoms with Crippen LogP contribution in [0.1, 0.15) is 37.2 Å². The van der Waals surface area contributed by atoms with Gasteiger partial charge in [-0.3, -0.25) is 9.36 Å². The zero-order valence-electron chi connectivity index (χ0n) is 18.0. The predicted molar refractivity (Wildman–Crippen MR) is 128 cm³/mol. The van der Waals surface area contributed by atoms with Crippen LogP contribution in [0.5, 0.6) is 0 Å². The normalized spacial score (nSPS) is 12.4. The fourth-order valence-corrected chi connectivity index (χ4v) is 4.34. The highest BCUT2D eigenvalue weighted by atomic mass is 35.5. The maximum Gasteiger partial charge on any atom is 0.262 e. The number of nitrogens with zero attached hydrogens (tertiary/aromatic N) is 5. The number of nitriles is 1. The number of sulfone groups is 1. The molecule has 33 heavy (non-hydrogen) atoms. The van der Waals surface area contributed by atoms with Gasteiger partial charge in [-0.25, -0.2) is 13.4 Å². The van der Waals surface area contributed by atoms with Crippen molar-refractivity contribution in [3.63, 3.8) is 0 Å². The summed E-state index contributed by atoms with van der Waals surface area (Å²) in [7, 11) is -3.22. The van der Waals surface area contributed by atoms with Gasteiger partial charge in [-0.2, -0.15) is 15.2 Å². The smallest absolute Gasteiger partial charge is 0.262 e. The van der Waals surface area contributed by atoms with E-state index in [0.717, 1.165) is 6.26 Å². The number of halogens is 1. The lowest BCUT2D eigenvalue weighted by molar-refractivity contribution is 0.552. The lowest BCUT2D eigenvalue weighted by Crippen LogP contribution is -2.30. The molecule has 3 aromatic rings. The van der Waals surface area contributed by atoms with E-state index in [-0.39, 0.29) is 52.3 Å². The average Bonchev–Trinajstić information content (AvgIpc) is 2.72. The van der Waals surface area contributed by atoms with Crippen LogP contribution in [0.2, 0.25) is 5.02 Å². The first kappa shape index (κ1) is 24.2. The second kappa shape index (κ2) is 9.60. The number of rotatable bonds is 8. The third kappa shape index (κ3) is 5.32. The Kier molecular flexibility index (Phi) is 7.04.